The average Bonchev–Trinajstić information content (AvgIpc) is 2.43. The van der Waals surface area contributed by atoms with Crippen molar-refractivity contribution < 1.29 is 19.3 Å². The van der Waals surface area contributed by atoms with Crippen LogP contribution in [0.1, 0.15) is 13.8 Å². The maximum Gasteiger partial charge on any atom is 0.145 e. The van der Waals surface area contributed by atoms with E-state index in [1.54, 1.807) is 19.2 Å². The first-order chi connectivity index (χ1) is 9.47. The highest BCUT2D eigenvalue weighted by atomic mass is 35.5. The Morgan fingerprint density at radius 2 is 1.85 bits per heavy atom. The first-order valence-corrected chi connectivity index (χ1v) is 6.81. The number of ether oxygens (including phenoxy) is 3. The van der Waals surface area contributed by atoms with Crippen LogP contribution in [0, 0.1) is 0 Å². The Hall–Kier alpha value is -1.17. The molecule has 6 heteroatoms. The van der Waals surface area contributed by atoms with Gasteiger partial charge in [-0.2, -0.15) is 0 Å². The lowest BCUT2D eigenvalue weighted by atomic mass is 10.3. The summed E-state index contributed by atoms with van der Waals surface area (Å²) >= 11 is 6.15. The predicted octanol–water partition coefficient (Wildman–Crippen LogP) is 2.09. The molecule has 0 aromatic heterocycles. The zero-order chi connectivity index (χ0) is 15.1. The Kier molecular flexibility index (Phi) is 6.91. The van der Waals surface area contributed by atoms with Gasteiger partial charge in [-0.15, -0.1) is 0 Å². The minimum atomic E-state index is -0.620. The summed E-state index contributed by atoms with van der Waals surface area (Å²) in [4.78, 5) is 0. The number of hydrogen-bond donors (Lipinski definition) is 2. The molecular weight excluding hydrogens is 282 g/mol. The van der Waals surface area contributed by atoms with Gasteiger partial charge in [0.25, 0.3) is 0 Å². The van der Waals surface area contributed by atoms with Crippen molar-refractivity contribution in [1.82, 2.24) is 5.32 Å². The molecule has 0 radical (unpaired) electrons. The summed E-state index contributed by atoms with van der Waals surface area (Å²) in [6.07, 6.45) is -0.620. The molecule has 5 nitrogen and oxygen atoms in total. The van der Waals surface area contributed by atoms with Crippen molar-refractivity contribution in [2.24, 2.45) is 0 Å². The molecule has 0 aliphatic heterocycles. The monoisotopic (exact) mass is 303 g/mol. The molecule has 20 heavy (non-hydrogen) atoms. The van der Waals surface area contributed by atoms with Crippen molar-refractivity contribution >= 4 is 11.6 Å². The third-order valence-corrected chi connectivity index (χ3v) is 3.00. The fourth-order valence-corrected chi connectivity index (χ4v) is 1.78. The summed E-state index contributed by atoms with van der Waals surface area (Å²) < 4.78 is 15.8. The maximum atomic E-state index is 9.81. The molecule has 1 unspecified atom stereocenters. The maximum absolute atomic E-state index is 9.81. The molecule has 0 saturated carbocycles. The van der Waals surface area contributed by atoms with Crippen molar-refractivity contribution in [3.63, 3.8) is 0 Å². The summed E-state index contributed by atoms with van der Waals surface area (Å²) in [5.41, 5.74) is 0. The Bertz CT molecular complexity index is 426. The van der Waals surface area contributed by atoms with Crippen molar-refractivity contribution in [1.29, 1.82) is 0 Å². The van der Waals surface area contributed by atoms with Crippen LogP contribution in [-0.4, -0.2) is 44.6 Å². The van der Waals surface area contributed by atoms with Crippen LogP contribution in [0.15, 0.2) is 12.1 Å². The second kappa shape index (κ2) is 8.19. The number of aliphatic hydroxyl groups excluding tert-OH is 1. The summed E-state index contributed by atoms with van der Waals surface area (Å²) in [6, 6.07) is 3.64. The van der Waals surface area contributed by atoms with E-state index in [4.69, 9.17) is 25.8 Å². The van der Waals surface area contributed by atoms with Gasteiger partial charge in [-0.25, -0.2) is 0 Å². The van der Waals surface area contributed by atoms with E-state index in [1.165, 1.54) is 7.11 Å². The van der Waals surface area contributed by atoms with Crippen LogP contribution in [0.25, 0.3) is 0 Å². The summed E-state index contributed by atoms with van der Waals surface area (Å²) in [7, 11) is 3.07. The molecule has 1 rings (SSSR count). The molecule has 0 bridgehead atoms. The Labute approximate surface area is 124 Å². The summed E-state index contributed by atoms with van der Waals surface area (Å²) in [5, 5.41) is 13.3. The largest absolute Gasteiger partial charge is 0.496 e. The van der Waals surface area contributed by atoms with E-state index in [2.05, 4.69) is 5.32 Å². The highest BCUT2D eigenvalue weighted by Gasteiger charge is 2.13. The number of aliphatic hydroxyl groups is 1. The lowest BCUT2D eigenvalue weighted by Gasteiger charge is -2.17. The Morgan fingerprint density at radius 3 is 2.40 bits per heavy atom. The lowest BCUT2D eigenvalue weighted by Crippen LogP contribution is -2.35. The lowest BCUT2D eigenvalue weighted by molar-refractivity contribution is 0.104. The summed E-state index contributed by atoms with van der Waals surface area (Å²) in [6.45, 7) is 4.61. The number of halogens is 1. The number of nitrogens with one attached hydrogen (secondary N) is 1. The fraction of sp³-hybridized carbons (Fsp3) is 0.571. The van der Waals surface area contributed by atoms with Crippen molar-refractivity contribution in [2.45, 2.75) is 26.0 Å². The fourth-order valence-electron chi connectivity index (χ4n) is 1.54. The van der Waals surface area contributed by atoms with Gasteiger partial charge < -0.3 is 24.6 Å². The third-order valence-electron chi connectivity index (χ3n) is 2.63. The zero-order valence-electron chi connectivity index (χ0n) is 12.3. The average molecular weight is 304 g/mol. The third kappa shape index (κ3) is 5.07. The van der Waals surface area contributed by atoms with Gasteiger partial charge in [-0.05, 0) is 0 Å². The normalized spacial score (nSPS) is 12.3. The van der Waals surface area contributed by atoms with Crippen molar-refractivity contribution in [3.05, 3.63) is 17.2 Å². The van der Waals surface area contributed by atoms with E-state index in [0.717, 1.165) is 0 Å². The number of benzene rings is 1. The SMILES string of the molecule is COc1cc(OC)c(Cl)c(OCC(O)CNC(C)C)c1. The highest BCUT2D eigenvalue weighted by molar-refractivity contribution is 6.33. The Morgan fingerprint density at radius 1 is 1.20 bits per heavy atom. The van der Waals surface area contributed by atoms with Gasteiger partial charge >= 0.3 is 0 Å². The van der Waals surface area contributed by atoms with Gasteiger partial charge in [0.15, 0.2) is 0 Å². The predicted molar refractivity (Wildman–Crippen MR) is 79.2 cm³/mol. The van der Waals surface area contributed by atoms with E-state index in [1.807, 2.05) is 13.8 Å². The minimum absolute atomic E-state index is 0.135. The molecular formula is C14H22ClNO4. The van der Waals surface area contributed by atoms with Crippen LogP contribution in [0.5, 0.6) is 17.2 Å². The molecule has 2 N–H and O–H groups in total. The quantitative estimate of drug-likeness (QED) is 0.770. The molecule has 0 aliphatic carbocycles. The van der Waals surface area contributed by atoms with Crippen LogP contribution >= 0.6 is 11.6 Å². The first kappa shape index (κ1) is 16.9. The van der Waals surface area contributed by atoms with Crippen LogP contribution in [0.2, 0.25) is 5.02 Å². The molecule has 0 amide bonds. The molecule has 1 atom stereocenters. The second-order valence-corrected chi connectivity index (χ2v) is 5.05. The molecule has 1 aromatic rings. The number of hydrogen-bond acceptors (Lipinski definition) is 5. The van der Waals surface area contributed by atoms with E-state index in [-0.39, 0.29) is 6.61 Å². The van der Waals surface area contributed by atoms with Gasteiger partial charge in [0.1, 0.15) is 35.0 Å². The standard InChI is InChI=1S/C14H22ClNO4/c1-9(2)16-7-10(17)8-20-13-6-11(18-3)5-12(19-4)14(13)15/h5-6,9-10,16-17H,7-8H2,1-4H3. The summed E-state index contributed by atoms with van der Waals surface area (Å²) in [5.74, 6) is 1.47. The Balaban J connectivity index is 2.67. The van der Waals surface area contributed by atoms with Crippen LogP contribution in [0.3, 0.4) is 0 Å². The van der Waals surface area contributed by atoms with E-state index < -0.39 is 6.10 Å². The molecule has 1 aromatic carbocycles. The van der Waals surface area contributed by atoms with Crippen LogP contribution in [0.4, 0.5) is 0 Å². The van der Waals surface area contributed by atoms with Gasteiger partial charge in [-0.1, -0.05) is 25.4 Å². The molecule has 0 fully saturated rings. The zero-order valence-corrected chi connectivity index (χ0v) is 13.0. The van der Waals surface area contributed by atoms with Gasteiger partial charge in [0, 0.05) is 24.7 Å². The molecule has 0 aliphatic rings. The molecule has 0 saturated heterocycles. The molecule has 114 valence electrons. The molecule has 0 spiro atoms. The highest BCUT2D eigenvalue weighted by Crippen LogP contribution is 2.38. The topological polar surface area (TPSA) is 60.0 Å². The van der Waals surface area contributed by atoms with Crippen LogP contribution in [-0.2, 0) is 0 Å². The van der Waals surface area contributed by atoms with Gasteiger partial charge in [0.05, 0.1) is 14.2 Å². The second-order valence-electron chi connectivity index (χ2n) is 4.67. The first-order valence-electron chi connectivity index (χ1n) is 6.43. The van der Waals surface area contributed by atoms with E-state index >= 15 is 0 Å². The van der Waals surface area contributed by atoms with E-state index in [9.17, 15) is 5.11 Å². The van der Waals surface area contributed by atoms with Crippen molar-refractivity contribution in [2.75, 3.05) is 27.4 Å². The smallest absolute Gasteiger partial charge is 0.145 e. The van der Waals surface area contributed by atoms with Gasteiger partial charge in [0.2, 0.25) is 0 Å². The van der Waals surface area contributed by atoms with Crippen LogP contribution < -0.4 is 19.5 Å². The van der Waals surface area contributed by atoms with E-state index in [0.29, 0.717) is 34.9 Å². The number of methoxy groups -OCH3 is 2. The minimum Gasteiger partial charge on any atom is -0.496 e. The van der Waals surface area contributed by atoms with Gasteiger partial charge in [-0.3, -0.25) is 0 Å². The molecule has 0 heterocycles. The number of rotatable bonds is 8. The van der Waals surface area contributed by atoms with Crippen molar-refractivity contribution in [3.8, 4) is 17.2 Å².